The van der Waals surface area contributed by atoms with Crippen molar-refractivity contribution in [3.05, 3.63) is 48.0 Å². The van der Waals surface area contributed by atoms with E-state index in [9.17, 15) is 4.79 Å². The minimum absolute atomic E-state index is 0.000958. The fourth-order valence-corrected chi connectivity index (χ4v) is 1.39. The number of hydrogen-bond acceptors (Lipinski definition) is 2. The van der Waals surface area contributed by atoms with Gasteiger partial charge in [0, 0.05) is 13.0 Å². The predicted molar refractivity (Wildman–Crippen MR) is 65.9 cm³/mol. The van der Waals surface area contributed by atoms with E-state index in [1.807, 2.05) is 24.3 Å². The van der Waals surface area contributed by atoms with Gasteiger partial charge in [-0.25, -0.2) is 0 Å². The Bertz CT molecular complexity index is 343. The van der Waals surface area contributed by atoms with Crippen LogP contribution >= 0.6 is 0 Å². The molecule has 1 aromatic rings. The Morgan fingerprint density at radius 2 is 1.94 bits per heavy atom. The van der Waals surface area contributed by atoms with E-state index >= 15 is 0 Å². The first-order valence-corrected chi connectivity index (χ1v) is 5.41. The standard InChI is InChI=1S/C13H18N2O/c1-2-3-13(16)15-10-12-6-4-11(5-7-12)8-9-14/h2,4-7H,1,3,8-10,14H2,(H,15,16). The number of rotatable bonds is 6. The molecule has 0 radical (unpaired) electrons. The van der Waals surface area contributed by atoms with Crippen molar-refractivity contribution in [3.8, 4) is 0 Å². The predicted octanol–water partition coefficient (Wildman–Crippen LogP) is 1.38. The third-order valence-electron chi connectivity index (χ3n) is 2.28. The summed E-state index contributed by atoms with van der Waals surface area (Å²) in [6, 6.07) is 8.11. The van der Waals surface area contributed by atoms with E-state index in [1.165, 1.54) is 5.56 Å². The van der Waals surface area contributed by atoms with Gasteiger partial charge in [-0.05, 0) is 24.1 Å². The minimum Gasteiger partial charge on any atom is -0.352 e. The molecule has 0 saturated heterocycles. The molecule has 0 fully saturated rings. The molecule has 1 amide bonds. The third kappa shape index (κ3) is 4.28. The molecule has 0 aliphatic carbocycles. The van der Waals surface area contributed by atoms with Gasteiger partial charge in [-0.3, -0.25) is 4.79 Å². The fraction of sp³-hybridized carbons (Fsp3) is 0.308. The van der Waals surface area contributed by atoms with Crippen molar-refractivity contribution >= 4 is 5.91 Å². The Hall–Kier alpha value is -1.61. The van der Waals surface area contributed by atoms with Crippen LogP contribution in [-0.4, -0.2) is 12.5 Å². The van der Waals surface area contributed by atoms with Crippen LogP contribution in [0.25, 0.3) is 0 Å². The van der Waals surface area contributed by atoms with E-state index in [4.69, 9.17) is 5.73 Å². The van der Waals surface area contributed by atoms with Gasteiger partial charge in [0.1, 0.15) is 0 Å². The summed E-state index contributed by atoms with van der Waals surface area (Å²) in [6.07, 6.45) is 2.86. The first-order chi connectivity index (χ1) is 7.76. The zero-order chi connectivity index (χ0) is 11.8. The zero-order valence-electron chi connectivity index (χ0n) is 9.41. The van der Waals surface area contributed by atoms with Crippen LogP contribution in [0.2, 0.25) is 0 Å². The van der Waals surface area contributed by atoms with Crippen LogP contribution in [0.4, 0.5) is 0 Å². The van der Waals surface area contributed by atoms with Gasteiger partial charge in [-0.1, -0.05) is 30.3 Å². The highest BCUT2D eigenvalue weighted by Gasteiger charge is 1.98. The number of nitrogens with one attached hydrogen (secondary N) is 1. The number of hydrogen-bond donors (Lipinski definition) is 2. The highest BCUT2D eigenvalue weighted by molar-refractivity contribution is 5.77. The lowest BCUT2D eigenvalue weighted by Crippen LogP contribution is -2.21. The summed E-state index contributed by atoms with van der Waals surface area (Å²) >= 11 is 0. The molecule has 0 aromatic heterocycles. The number of amides is 1. The molecule has 0 heterocycles. The van der Waals surface area contributed by atoms with Crippen LogP contribution in [0, 0.1) is 0 Å². The van der Waals surface area contributed by atoms with Gasteiger partial charge in [0.2, 0.25) is 5.91 Å². The van der Waals surface area contributed by atoms with Gasteiger partial charge >= 0.3 is 0 Å². The third-order valence-corrected chi connectivity index (χ3v) is 2.28. The number of nitrogens with two attached hydrogens (primary N) is 1. The minimum atomic E-state index is 0.000958. The van der Waals surface area contributed by atoms with E-state index in [2.05, 4.69) is 11.9 Å². The van der Waals surface area contributed by atoms with Crippen LogP contribution in [0.3, 0.4) is 0 Å². The lowest BCUT2D eigenvalue weighted by atomic mass is 10.1. The van der Waals surface area contributed by atoms with Crippen molar-refractivity contribution in [2.24, 2.45) is 5.73 Å². The van der Waals surface area contributed by atoms with Gasteiger partial charge in [0.25, 0.3) is 0 Å². The number of benzene rings is 1. The van der Waals surface area contributed by atoms with E-state index in [-0.39, 0.29) is 5.91 Å². The molecule has 0 unspecified atom stereocenters. The summed E-state index contributed by atoms with van der Waals surface area (Å²) < 4.78 is 0. The summed E-state index contributed by atoms with van der Waals surface area (Å²) in [4.78, 5) is 11.2. The Morgan fingerprint density at radius 3 is 2.50 bits per heavy atom. The van der Waals surface area contributed by atoms with Gasteiger partial charge in [0.05, 0.1) is 0 Å². The van der Waals surface area contributed by atoms with Crippen molar-refractivity contribution < 1.29 is 4.79 Å². The number of carbonyl (C=O) groups excluding carboxylic acids is 1. The normalized spacial score (nSPS) is 9.81. The Kier molecular flexibility index (Phi) is 5.29. The van der Waals surface area contributed by atoms with Crippen molar-refractivity contribution in [2.75, 3.05) is 6.54 Å². The van der Waals surface area contributed by atoms with Gasteiger partial charge < -0.3 is 11.1 Å². The average molecular weight is 218 g/mol. The Morgan fingerprint density at radius 1 is 1.31 bits per heavy atom. The van der Waals surface area contributed by atoms with Crippen LogP contribution in [0.5, 0.6) is 0 Å². The zero-order valence-corrected chi connectivity index (χ0v) is 9.41. The maximum Gasteiger partial charge on any atom is 0.224 e. The van der Waals surface area contributed by atoms with Gasteiger partial charge in [-0.2, -0.15) is 0 Å². The molecule has 3 heteroatoms. The quantitative estimate of drug-likeness (QED) is 0.709. The molecule has 86 valence electrons. The summed E-state index contributed by atoms with van der Waals surface area (Å²) in [5, 5.41) is 2.82. The molecule has 16 heavy (non-hydrogen) atoms. The lowest BCUT2D eigenvalue weighted by Gasteiger charge is -2.05. The van der Waals surface area contributed by atoms with Crippen molar-refractivity contribution in [2.45, 2.75) is 19.4 Å². The lowest BCUT2D eigenvalue weighted by molar-refractivity contribution is -0.120. The van der Waals surface area contributed by atoms with E-state index in [0.29, 0.717) is 19.5 Å². The Balaban J connectivity index is 2.42. The highest BCUT2D eigenvalue weighted by Crippen LogP contribution is 2.04. The van der Waals surface area contributed by atoms with Crippen LogP contribution in [-0.2, 0) is 17.8 Å². The molecule has 0 bridgehead atoms. The molecular weight excluding hydrogens is 200 g/mol. The summed E-state index contributed by atoms with van der Waals surface area (Å²) in [5.74, 6) is 0.000958. The van der Waals surface area contributed by atoms with Crippen molar-refractivity contribution in [1.29, 1.82) is 0 Å². The molecule has 0 atom stereocenters. The second-order valence-corrected chi connectivity index (χ2v) is 3.62. The van der Waals surface area contributed by atoms with Crippen LogP contribution in [0.15, 0.2) is 36.9 Å². The fourth-order valence-electron chi connectivity index (χ4n) is 1.39. The molecule has 1 rings (SSSR count). The molecule has 3 nitrogen and oxygen atoms in total. The van der Waals surface area contributed by atoms with E-state index in [0.717, 1.165) is 12.0 Å². The Labute approximate surface area is 96.3 Å². The number of carbonyl (C=O) groups is 1. The summed E-state index contributed by atoms with van der Waals surface area (Å²) in [5.41, 5.74) is 7.79. The maximum atomic E-state index is 11.2. The first kappa shape index (κ1) is 12.5. The summed E-state index contributed by atoms with van der Waals surface area (Å²) in [7, 11) is 0. The second kappa shape index (κ2) is 6.80. The first-order valence-electron chi connectivity index (χ1n) is 5.41. The molecule has 0 aliphatic heterocycles. The van der Waals surface area contributed by atoms with E-state index < -0.39 is 0 Å². The van der Waals surface area contributed by atoms with Crippen molar-refractivity contribution in [3.63, 3.8) is 0 Å². The molecule has 0 aliphatic rings. The van der Waals surface area contributed by atoms with Crippen LogP contribution in [0.1, 0.15) is 17.5 Å². The van der Waals surface area contributed by atoms with Crippen molar-refractivity contribution in [1.82, 2.24) is 5.32 Å². The molecule has 3 N–H and O–H groups in total. The van der Waals surface area contributed by atoms with Gasteiger partial charge in [-0.15, -0.1) is 6.58 Å². The monoisotopic (exact) mass is 218 g/mol. The van der Waals surface area contributed by atoms with Crippen LogP contribution < -0.4 is 11.1 Å². The topological polar surface area (TPSA) is 55.1 Å². The average Bonchev–Trinajstić information content (AvgIpc) is 2.29. The molecular formula is C13H18N2O. The molecule has 0 spiro atoms. The highest BCUT2D eigenvalue weighted by atomic mass is 16.1. The van der Waals surface area contributed by atoms with Gasteiger partial charge in [0.15, 0.2) is 0 Å². The largest absolute Gasteiger partial charge is 0.352 e. The molecule has 0 saturated carbocycles. The smallest absolute Gasteiger partial charge is 0.224 e. The second-order valence-electron chi connectivity index (χ2n) is 3.62. The summed E-state index contributed by atoms with van der Waals surface area (Å²) in [6.45, 7) is 4.74. The molecule has 1 aromatic carbocycles. The van der Waals surface area contributed by atoms with E-state index in [1.54, 1.807) is 6.08 Å². The maximum absolute atomic E-state index is 11.2. The SMILES string of the molecule is C=CCC(=O)NCc1ccc(CCN)cc1.